The van der Waals surface area contributed by atoms with E-state index in [4.69, 9.17) is 4.74 Å². The van der Waals surface area contributed by atoms with Crippen LogP contribution in [-0.2, 0) is 4.79 Å². The topological polar surface area (TPSA) is 52.1 Å². The maximum atomic E-state index is 12.1. The van der Waals surface area contributed by atoms with Crippen LogP contribution in [0, 0.1) is 6.92 Å². The van der Waals surface area contributed by atoms with E-state index in [0.717, 1.165) is 29.7 Å². The van der Waals surface area contributed by atoms with Crippen molar-refractivity contribution in [3.8, 4) is 17.0 Å². The van der Waals surface area contributed by atoms with Crippen molar-refractivity contribution < 1.29 is 9.53 Å². The lowest BCUT2D eigenvalue weighted by molar-refractivity contribution is -0.134. The number of unbranched alkanes of at least 4 members (excludes halogenated alkanes) is 5. The van der Waals surface area contributed by atoms with Crippen molar-refractivity contribution >= 4 is 5.97 Å². The maximum Gasteiger partial charge on any atom is 0.311 e. The van der Waals surface area contributed by atoms with Crippen molar-refractivity contribution in [1.29, 1.82) is 0 Å². The summed E-state index contributed by atoms with van der Waals surface area (Å²) >= 11 is 0. The van der Waals surface area contributed by atoms with Crippen LogP contribution < -0.4 is 4.74 Å². The Morgan fingerprint density at radius 2 is 1.88 bits per heavy atom. The van der Waals surface area contributed by atoms with E-state index in [2.05, 4.69) is 16.9 Å². The van der Waals surface area contributed by atoms with Gasteiger partial charge in [0.05, 0.1) is 5.69 Å². The molecular weight excluding hydrogens is 300 g/mol. The van der Waals surface area contributed by atoms with Crippen molar-refractivity contribution in [1.82, 2.24) is 9.97 Å². The highest BCUT2D eigenvalue weighted by Crippen LogP contribution is 2.28. The Bertz CT molecular complexity index is 641. The Morgan fingerprint density at radius 1 is 1.08 bits per heavy atom. The third kappa shape index (κ3) is 5.44. The second kappa shape index (κ2) is 9.81. The number of carbonyl (C=O) groups excluding carboxylic acids is 1. The van der Waals surface area contributed by atoms with Gasteiger partial charge in [-0.2, -0.15) is 0 Å². The van der Waals surface area contributed by atoms with Gasteiger partial charge in [-0.15, -0.1) is 0 Å². The van der Waals surface area contributed by atoms with Crippen LogP contribution in [0.15, 0.2) is 36.8 Å². The van der Waals surface area contributed by atoms with Crippen molar-refractivity contribution in [2.24, 2.45) is 0 Å². The number of ether oxygens (including phenoxy) is 1. The van der Waals surface area contributed by atoms with E-state index in [0.29, 0.717) is 12.2 Å². The SMILES string of the molecule is CCCCCCCCC(=O)Oc1cccc(-c2ccncn2)c1C. The van der Waals surface area contributed by atoms with Crippen LogP contribution in [0.25, 0.3) is 11.3 Å². The Balaban J connectivity index is 1.90. The Hall–Kier alpha value is -2.23. The molecule has 2 aromatic rings. The van der Waals surface area contributed by atoms with Gasteiger partial charge >= 0.3 is 5.97 Å². The number of hydrogen-bond acceptors (Lipinski definition) is 4. The molecule has 24 heavy (non-hydrogen) atoms. The van der Waals surface area contributed by atoms with E-state index in [9.17, 15) is 4.79 Å². The summed E-state index contributed by atoms with van der Waals surface area (Å²) in [6.07, 6.45) is 10.7. The van der Waals surface area contributed by atoms with Gasteiger partial charge in [0.2, 0.25) is 0 Å². The summed E-state index contributed by atoms with van der Waals surface area (Å²) in [5, 5.41) is 0. The van der Waals surface area contributed by atoms with Gasteiger partial charge in [0, 0.05) is 23.7 Å². The molecular formula is C20H26N2O2. The van der Waals surface area contributed by atoms with E-state index >= 15 is 0 Å². The van der Waals surface area contributed by atoms with Crippen LogP contribution in [0.3, 0.4) is 0 Å². The summed E-state index contributed by atoms with van der Waals surface area (Å²) < 4.78 is 5.55. The van der Waals surface area contributed by atoms with Gasteiger partial charge in [-0.3, -0.25) is 4.79 Å². The lowest BCUT2D eigenvalue weighted by Crippen LogP contribution is -2.08. The number of nitrogens with zero attached hydrogens (tertiary/aromatic N) is 2. The van der Waals surface area contributed by atoms with Gasteiger partial charge in [-0.05, 0) is 25.5 Å². The molecule has 128 valence electrons. The highest BCUT2D eigenvalue weighted by Gasteiger charge is 2.11. The van der Waals surface area contributed by atoms with Gasteiger partial charge in [0.15, 0.2) is 0 Å². The van der Waals surface area contributed by atoms with Gasteiger partial charge < -0.3 is 4.74 Å². The Morgan fingerprint density at radius 3 is 2.62 bits per heavy atom. The minimum atomic E-state index is -0.159. The molecule has 0 spiro atoms. The first kappa shape index (κ1) is 18.1. The van der Waals surface area contributed by atoms with Crippen molar-refractivity contribution in [2.75, 3.05) is 0 Å². The first-order valence-corrected chi connectivity index (χ1v) is 8.79. The van der Waals surface area contributed by atoms with Crippen molar-refractivity contribution in [2.45, 2.75) is 58.8 Å². The molecule has 0 radical (unpaired) electrons. The molecule has 1 heterocycles. The molecule has 0 saturated heterocycles. The van der Waals surface area contributed by atoms with E-state index < -0.39 is 0 Å². The Kier molecular flexibility index (Phi) is 7.40. The van der Waals surface area contributed by atoms with Gasteiger partial charge in [-0.1, -0.05) is 51.2 Å². The van der Waals surface area contributed by atoms with E-state index in [-0.39, 0.29) is 5.97 Å². The number of benzene rings is 1. The molecule has 0 aliphatic carbocycles. The zero-order valence-electron chi connectivity index (χ0n) is 14.6. The van der Waals surface area contributed by atoms with Crippen LogP contribution in [0.4, 0.5) is 0 Å². The summed E-state index contributed by atoms with van der Waals surface area (Å²) in [6, 6.07) is 7.55. The van der Waals surface area contributed by atoms with Crippen LogP contribution in [0.1, 0.15) is 57.4 Å². The summed E-state index contributed by atoms with van der Waals surface area (Å²) in [6.45, 7) is 4.15. The molecule has 0 fully saturated rings. The smallest absolute Gasteiger partial charge is 0.311 e. The Labute approximate surface area is 144 Å². The quantitative estimate of drug-likeness (QED) is 0.365. The molecule has 0 aliphatic heterocycles. The molecule has 0 amide bonds. The fraction of sp³-hybridized carbons (Fsp3) is 0.450. The third-order valence-corrected chi connectivity index (χ3v) is 4.10. The lowest BCUT2D eigenvalue weighted by atomic mass is 10.0. The van der Waals surface area contributed by atoms with Crippen LogP contribution in [0.5, 0.6) is 5.75 Å². The highest BCUT2D eigenvalue weighted by molar-refractivity contribution is 5.74. The lowest BCUT2D eigenvalue weighted by Gasteiger charge is -2.11. The largest absolute Gasteiger partial charge is 0.426 e. The molecule has 0 aliphatic rings. The first-order chi connectivity index (χ1) is 11.7. The number of rotatable bonds is 9. The molecule has 1 aromatic carbocycles. The third-order valence-electron chi connectivity index (χ3n) is 4.10. The normalized spacial score (nSPS) is 10.6. The average molecular weight is 326 g/mol. The second-order valence-corrected chi connectivity index (χ2v) is 6.02. The molecule has 0 atom stereocenters. The maximum absolute atomic E-state index is 12.1. The fourth-order valence-electron chi connectivity index (χ4n) is 2.68. The van der Waals surface area contributed by atoms with Crippen LogP contribution in [-0.4, -0.2) is 15.9 Å². The predicted molar refractivity (Wildman–Crippen MR) is 95.8 cm³/mol. The molecule has 0 unspecified atom stereocenters. The van der Waals surface area contributed by atoms with E-state index in [1.54, 1.807) is 6.20 Å². The molecule has 4 nitrogen and oxygen atoms in total. The molecule has 4 heteroatoms. The summed E-state index contributed by atoms with van der Waals surface area (Å²) in [5.74, 6) is 0.454. The zero-order chi connectivity index (χ0) is 17.2. The molecule has 1 aromatic heterocycles. The second-order valence-electron chi connectivity index (χ2n) is 6.02. The number of hydrogen-bond donors (Lipinski definition) is 0. The minimum absolute atomic E-state index is 0.159. The fourth-order valence-corrected chi connectivity index (χ4v) is 2.68. The number of aromatic nitrogens is 2. The minimum Gasteiger partial charge on any atom is -0.426 e. The van der Waals surface area contributed by atoms with Crippen LogP contribution >= 0.6 is 0 Å². The predicted octanol–water partition coefficient (Wildman–Crippen LogP) is 5.11. The number of esters is 1. The van der Waals surface area contributed by atoms with Crippen molar-refractivity contribution in [3.63, 3.8) is 0 Å². The van der Waals surface area contributed by atoms with Crippen molar-refractivity contribution in [3.05, 3.63) is 42.4 Å². The van der Waals surface area contributed by atoms with Crippen LogP contribution in [0.2, 0.25) is 0 Å². The van der Waals surface area contributed by atoms with Gasteiger partial charge in [0.1, 0.15) is 12.1 Å². The summed E-state index contributed by atoms with van der Waals surface area (Å²) in [5.41, 5.74) is 2.71. The summed E-state index contributed by atoms with van der Waals surface area (Å²) in [4.78, 5) is 20.3. The zero-order valence-corrected chi connectivity index (χ0v) is 14.6. The standard InChI is InChI=1S/C20H26N2O2/c1-3-4-5-6-7-8-12-20(23)24-19-11-9-10-17(16(19)2)18-13-14-21-15-22-18/h9-11,13-15H,3-8,12H2,1-2H3. The highest BCUT2D eigenvalue weighted by atomic mass is 16.5. The van der Waals surface area contributed by atoms with Gasteiger partial charge in [-0.25, -0.2) is 9.97 Å². The monoisotopic (exact) mass is 326 g/mol. The molecule has 0 N–H and O–H groups in total. The average Bonchev–Trinajstić information content (AvgIpc) is 2.60. The molecule has 0 bridgehead atoms. The number of carbonyl (C=O) groups is 1. The molecule has 0 saturated carbocycles. The molecule has 2 rings (SSSR count). The van der Waals surface area contributed by atoms with Gasteiger partial charge in [0.25, 0.3) is 0 Å². The summed E-state index contributed by atoms with van der Waals surface area (Å²) in [7, 11) is 0. The van der Waals surface area contributed by atoms with E-state index in [1.807, 2.05) is 31.2 Å². The first-order valence-electron chi connectivity index (χ1n) is 8.79. The van der Waals surface area contributed by atoms with E-state index in [1.165, 1.54) is 32.0 Å².